The van der Waals surface area contributed by atoms with Crippen molar-refractivity contribution in [2.24, 2.45) is 5.73 Å². The molecule has 2 N–H and O–H groups in total. The number of halogens is 2. The molecule has 0 unspecified atom stereocenters. The molecule has 6 heteroatoms. The molecule has 0 aliphatic heterocycles. The molecule has 88 valence electrons. The second-order valence-corrected chi connectivity index (χ2v) is 6.03. The monoisotopic (exact) mass is 307 g/mol. The smallest absolute Gasteiger partial charge is 0.179 e. The van der Waals surface area contributed by atoms with Gasteiger partial charge in [-0.3, -0.25) is 0 Å². The van der Waals surface area contributed by atoms with E-state index in [9.17, 15) is 12.8 Å². The van der Waals surface area contributed by atoms with E-state index in [2.05, 4.69) is 15.9 Å². The van der Waals surface area contributed by atoms with Crippen LogP contribution in [-0.2, 0) is 9.84 Å². The van der Waals surface area contributed by atoms with Gasteiger partial charge in [0.05, 0.1) is 0 Å². The van der Waals surface area contributed by atoms with E-state index in [0.717, 1.165) is 12.3 Å². The van der Waals surface area contributed by atoms with E-state index >= 15 is 0 Å². The van der Waals surface area contributed by atoms with Crippen LogP contribution in [-0.4, -0.2) is 21.2 Å². The van der Waals surface area contributed by atoms with Gasteiger partial charge in [0.15, 0.2) is 9.84 Å². The van der Waals surface area contributed by atoms with Gasteiger partial charge in [0.1, 0.15) is 10.7 Å². The van der Waals surface area contributed by atoms with Gasteiger partial charge in [-0.1, -0.05) is 12.2 Å². The first kappa shape index (κ1) is 13.3. The van der Waals surface area contributed by atoms with Crippen LogP contribution < -0.4 is 5.73 Å². The first-order valence-electron chi connectivity index (χ1n) is 4.42. The minimum atomic E-state index is -3.57. The molecule has 0 fully saturated rings. The second kappa shape index (κ2) is 5.07. The van der Waals surface area contributed by atoms with Crippen LogP contribution in [0.15, 0.2) is 27.6 Å². The van der Waals surface area contributed by atoms with Gasteiger partial charge in [-0.2, -0.15) is 0 Å². The summed E-state index contributed by atoms with van der Waals surface area (Å²) < 4.78 is 36.4. The van der Waals surface area contributed by atoms with E-state index < -0.39 is 15.7 Å². The van der Waals surface area contributed by atoms with Crippen LogP contribution in [0.2, 0.25) is 0 Å². The molecule has 0 aliphatic rings. The molecule has 1 aromatic carbocycles. The summed E-state index contributed by atoms with van der Waals surface area (Å²) in [4.78, 5) is -0.322. The largest absolute Gasteiger partial charge is 0.327 e. The van der Waals surface area contributed by atoms with Gasteiger partial charge < -0.3 is 5.73 Å². The lowest BCUT2D eigenvalue weighted by molar-refractivity contribution is 0.568. The summed E-state index contributed by atoms with van der Waals surface area (Å²) in [5.41, 5.74) is 5.82. The maximum absolute atomic E-state index is 13.6. The maximum Gasteiger partial charge on any atom is 0.179 e. The molecule has 3 nitrogen and oxygen atoms in total. The molecule has 0 saturated heterocycles. The van der Waals surface area contributed by atoms with Crippen LogP contribution in [0.1, 0.15) is 5.56 Å². The number of rotatable bonds is 3. The van der Waals surface area contributed by atoms with Crippen LogP contribution in [0.4, 0.5) is 4.39 Å². The first-order chi connectivity index (χ1) is 7.36. The van der Waals surface area contributed by atoms with Crippen LogP contribution >= 0.6 is 15.9 Å². The van der Waals surface area contributed by atoms with Crippen molar-refractivity contribution in [1.29, 1.82) is 0 Å². The van der Waals surface area contributed by atoms with E-state index in [1.165, 1.54) is 6.07 Å². The minimum Gasteiger partial charge on any atom is -0.327 e. The van der Waals surface area contributed by atoms with Crippen molar-refractivity contribution in [3.63, 3.8) is 0 Å². The molecule has 0 saturated carbocycles. The van der Waals surface area contributed by atoms with E-state index in [-0.39, 0.29) is 9.37 Å². The van der Waals surface area contributed by atoms with Crippen LogP contribution in [0.3, 0.4) is 0 Å². The third-order valence-corrected chi connectivity index (χ3v) is 3.88. The summed E-state index contributed by atoms with van der Waals surface area (Å²) in [6, 6.07) is 2.69. The molecule has 0 amide bonds. The number of benzene rings is 1. The third kappa shape index (κ3) is 3.13. The van der Waals surface area contributed by atoms with Crippen molar-refractivity contribution in [2.75, 3.05) is 12.8 Å². The fourth-order valence-electron chi connectivity index (χ4n) is 1.23. The Morgan fingerprint density at radius 3 is 2.56 bits per heavy atom. The molecule has 0 radical (unpaired) electrons. The highest BCUT2D eigenvalue weighted by Crippen LogP contribution is 2.27. The maximum atomic E-state index is 13.6. The summed E-state index contributed by atoms with van der Waals surface area (Å²) in [7, 11) is -3.57. The highest BCUT2D eigenvalue weighted by atomic mass is 79.9. The molecular weight excluding hydrogens is 297 g/mol. The molecule has 0 bridgehead atoms. The fraction of sp³-hybridized carbons (Fsp3) is 0.200. The molecule has 0 atom stereocenters. The quantitative estimate of drug-likeness (QED) is 0.928. The molecule has 1 aromatic rings. The van der Waals surface area contributed by atoms with Gasteiger partial charge in [0.2, 0.25) is 0 Å². The van der Waals surface area contributed by atoms with Crippen molar-refractivity contribution in [3.8, 4) is 0 Å². The molecule has 0 aliphatic carbocycles. The van der Waals surface area contributed by atoms with E-state index in [1.807, 2.05) is 0 Å². The standard InChI is InChI=1S/C10H11BrFNO2S/c1-16(14,15)10-8(11)5-7(3-2-4-13)6-9(10)12/h2-3,5-6H,4,13H2,1H3/b3-2+. The number of hydrogen-bond acceptors (Lipinski definition) is 3. The molecule has 16 heavy (non-hydrogen) atoms. The van der Waals surface area contributed by atoms with Gasteiger partial charge in [0.25, 0.3) is 0 Å². The lowest BCUT2D eigenvalue weighted by atomic mass is 10.2. The van der Waals surface area contributed by atoms with Crippen LogP contribution in [0, 0.1) is 5.82 Å². The van der Waals surface area contributed by atoms with Gasteiger partial charge in [-0.25, -0.2) is 12.8 Å². The van der Waals surface area contributed by atoms with Gasteiger partial charge >= 0.3 is 0 Å². The van der Waals surface area contributed by atoms with Crippen LogP contribution in [0.25, 0.3) is 6.08 Å². The Labute approximate surface area is 102 Å². The summed E-state index contributed by atoms with van der Waals surface area (Å²) in [5, 5.41) is 0. The minimum absolute atomic E-state index is 0.215. The topological polar surface area (TPSA) is 60.2 Å². The zero-order chi connectivity index (χ0) is 12.3. The lowest BCUT2D eigenvalue weighted by Gasteiger charge is -2.05. The molecule has 0 aromatic heterocycles. The van der Waals surface area contributed by atoms with Gasteiger partial charge in [-0.15, -0.1) is 0 Å². The summed E-state index contributed by atoms with van der Waals surface area (Å²) in [6.45, 7) is 0.340. The van der Waals surface area contributed by atoms with Crippen molar-refractivity contribution in [1.82, 2.24) is 0 Å². The first-order valence-corrected chi connectivity index (χ1v) is 7.10. The predicted molar refractivity (Wildman–Crippen MR) is 65.3 cm³/mol. The number of hydrogen-bond donors (Lipinski definition) is 1. The third-order valence-electron chi connectivity index (χ3n) is 1.84. The second-order valence-electron chi connectivity index (χ2n) is 3.22. The zero-order valence-corrected chi connectivity index (χ0v) is 11.0. The summed E-state index contributed by atoms with van der Waals surface area (Å²) in [6.07, 6.45) is 4.24. The Bertz CT molecular complexity index is 503. The average Bonchev–Trinajstić information content (AvgIpc) is 2.11. The fourth-order valence-corrected chi connectivity index (χ4v) is 3.40. The molecule has 1 rings (SSSR count). The lowest BCUT2D eigenvalue weighted by Crippen LogP contribution is -2.02. The van der Waals surface area contributed by atoms with Gasteiger partial charge in [0, 0.05) is 17.3 Å². The summed E-state index contributed by atoms with van der Waals surface area (Å²) in [5.74, 6) is -0.770. The highest BCUT2D eigenvalue weighted by Gasteiger charge is 2.18. The number of nitrogens with two attached hydrogens (primary N) is 1. The van der Waals surface area contributed by atoms with E-state index in [0.29, 0.717) is 12.1 Å². The normalized spacial score (nSPS) is 12.2. The van der Waals surface area contributed by atoms with Crippen molar-refractivity contribution >= 4 is 31.8 Å². The van der Waals surface area contributed by atoms with Crippen LogP contribution in [0.5, 0.6) is 0 Å². The Balaban J connectivity index is 3.34. The van der Waals surface area contributed by atoms with Crippen molar-refractivity contribution in [2.45, 2.75) is 4.90 Å². The SMILES string of the molecule is CS(=O)(=O)c1c(F)cc(/C=C/CN)cc1Br. The van der Waals surface area contributed by atoms with Crippen molar-refractivity contribution < 1.29 is 12.8 Å². The highest BCUT2D eigenvalue weighted by molar-refractivity contribution is 9.10. The Morgan fingerprint density at radius 2 is 2.12 bits per heavy atom. The molecule has 0 heterocycles. The predicted octanol–water partition coefficient (Wildman–Crippen LogP) is 1.96. The van der Waals surface area contributed by atoms with E-state index in [4.69, 9.17) is 5.73 Å². The van der Waals surface area contributed by atoms with E-state index in [1.54, 1.807) is 12.2 Å². The zero-order valence-electron chi connectivity index (χ0n) is 8.57. The Morgan fingerprint density at radius 1 is 1.50 bits per heavy atom. The Hall–Kier alpha value is -0.720. The summed E-state index contributed by atoms with van der Waals surface area (Å²) >= 11 is 3.04. The van der Waals surface area contributed by atoms with Crippen molar-refractivity contribution in [3.05, 3.63) is 34.1 Å². The Kier molecular flexibility index (Phi) is 4.23. The molecular formula is C10H11BrFNO2S. The average molecular weight is 308 g/mol. The van der Waals surface area contributed by atoms with Gasteiger partial charge in [-0.05, 0) is 33.6 Å². The molecule has 0 spiro atoms. The number of sulfone groups is 1.